The molecule has 2 rings (SSSR count). The highest BCUT2D eigenvalue weighted by Gasteiger charge is 2.36. The second kappa shape index (κ2) is 5.70. The van der Waals surface area contributed by atoms with Gasteiger partial charge in [0.25, 0.3) is 5.92 Å². The molecule has 2 fully saturated rings. The molecule has 13 heavy (non-hydrogen) atoms. The van der Waals surface area contributed by atoms with Gasteiger partial charge in [-0.05, 0) is 13.0 Å². The van der Waals surface area contributed by atoms with Crippen molar-refractivity contribution in [2.24, 2.45) is 0 Å². The summed E-state index contributed by atoms with van der Waals surface area (Å²) in [4.78, 5) is 0. The highest BCUT2D eigenvalue weighted by molar-refractivity contribution is 5.85. The van der Waals surface area contributed by atoms with Crippen LogP contribution in [0.15, 0.2) is 0 Å². The summed E-state index contributed by atoms with van der Waals surface area (Å²) >= 11 is 0. The lowest BCUT2D eigenvalue weighted by atomic mass is 10.2. The Balaban J connectivity index is 0.000000206. The van der Waals surface area contributed by atoms with Crippen LogP contribution >= 0.6 is 12.4 Å². The fourth-order valence-corrected chi connectivity index (χ4v) is 0.953. The first-order chi connectivity index (χ1) is 5.60. The van der Waals surface area contributed by atoms with E-state index in [-0.39, 0.29) is 31.6 Å². The largest absolute Gasteiger partial charge is 0.392 e. The van der Waals surface area contributed by atoms with Gasteiger partial charge in [0.1, 0.15) is 0 Å². The number of rotatable bonds is 0. The first-order valence-electron chi connectivity index (χ1n) is 4.07. The van der Waals surface area contributed by atoms with Gasteiger partial charge in [0, 0.05) is 6.54 Å². The Hall–Kier alpha value is 0.0300. The van der Waals surface area contributed by atoms with Crippen LogP contribution < -0.4 is 10.6 Å². The van der Waals surface area contributed by atoms with E-state index in [1.165, 1.54) is 0 Å². The molecule has 2 saturated heterocycles. The minimum Gasteiger partial charge on any atom is -0.392 e. The highest BCUT2D eigenvalue weighted by atomic mass is 35.5. The molecule has 3 N–H and O–H groups in total. The number of β-amino-alcohol motifs (C(OH)–C–C–N with tert-alkyl or cyclic N) is 1. The number of hydrogen-bond acceptors (Lipinski definition) is 3. The molecule has 0 amide bonds. The Bertz CT molecular complexity index is 136. The molecule has 0 radical (unpaired) electrons. The molecule has 2 aliphatic heterocycles. The lowest BCUT2D eigenvalue weighted by molar-refractivity contribution is -0.0475. The summed E-state index contributed by atoms with van der Waals surface area (Å²) in [6.45, 7) is 1.52. The van der Waals surface area contributed by atoms with Crippen LogP contribution in [0, 0.1) is 0 Å². The number of hydrogen-bond donors (Lipinski definition) is 3. The van der Waals surface area contributed by atoms with E-state index in [4.69, 9.17) is 5.11 Å². The molecule has 0 spiro atoms. The van der Waals surface area contributed by atoms with Crippen molar-refractivity contribution in [3.05, 3.63) is 0 Å². The summed E-state index contributed by atoms with van der Waals surface area (Å²) in [5.41, 5.74) is 0. The summed E-state index contributed by atoms with van der Waals surface area (Å²) < 4.78 is 23.0. The number of aliphatic hydroxyl groups is 1. The average Bonchev–Trinajstić information content (AvgIpc) is 2.38. The van der Waals surface area contributed by atoms with Crippen LogP contribution in [0.4, 0.5) is 8.78 Å². The topological polar surface area (TPSA) is 44.3 Å². The Labute approximate surface area is 82.3 Å². The van der Waals surface area contributed by atoms with Gasteiger partial charge in [-0.2, -0.15) is 0 Å². The maximum absolute atomic E-state index is 11.5. The monoisotopic (exact) mass is 216 g/mol. The molecule has 1 atom stereocenters. The molecule has 0 aliphatic carbocycles. The summed E-state index contributed by atoms with van der Waals surface area (Å²) in [6.07, 6.45) is 0.866. The first kappa shape index (κ1) is 13.0. The zero-order valence-corrected chi connectivity index (χ0v) is 8.04. The van der Waals surface area contributed by atoms with Gasteiger partial charge in [0.05, 0.1) is 19.2 Å². The average molecular weight is 217 g/mol. The third-order valence-corrected chi connectivity index (χ3v) is 1.80. The van der Waals surface area contributed by atoms with E-state index in [2.05, 4.69) is 10.6 Å². The highest BCUT2D eigenvalue weighted by Crippen LogP contribution is 2.16. The van der Waals surface area contributed by atoms with Crippen molar-refractivity contribution >= 4 is 12.4 Å². The lowest BCUT2D eigenvalue weighted by Gasteiger charge is -2.25. The smallest absolute Gasteiger partial charge is 0.272 e. The minimum absolute atomic E-state index is 0. The predicted octanol–water partition coefficient (Wildman–Crippen LogP) is -0.0127. The van der Waals surface area contributed by atoms with Crippen molar-refractivity contribution < 1.29 is 13.9 Å². The van der Waals surface area contributed by atoms with Crippen molar-refractivity contribution in [1.29, 1.82) is 0 Å². The molecule has 3 nitrogen and oxygen atoms in total. The number of alkyl halides is 2. The second-order valence-electron chi connectivity index (χ2n) is 3.11. The molecule has 6 heteroatoms. The van der Waals surface area contributed by atoms with E-state index < -0.39 is 5.92 Å². The van der Waals surface area contributed by atoms with E-state index in [0.717, 1.165) is 19.5 Å². The van der Waals surface area contributed by atoms with Crippen LogP contribution in [0.25, 0.3) is 0 Å². The molecule has 80 valence electrons. The molecule has 0 aromatic heterocycles. The van der Waals surface area contributed by atoms with Crippen LogP contribution in [0.3, 0.4) is 0 Å². The van der Waals surface area contributed by atoms with Gasteiger partial charge in [0.15, 0.2) is 0 Å². The van der Waals surface area contributed by atoms with Gasteiger partial charge < -0.3 is 15.7 Å². The fraction of sp³-hybridized carbons (Fsp3) is 1.00. The minimum atomic E-state index is -2.39. The van der Waals surface area contributed by atoms with Gasteiger partial charge >= 0.3 is 0 Å². The van der Waals surface area contributed by atoms with Crippen molar-refractivity contribution in [2.45, 2.75) is 18.4 Å². The first-order valence-corrected chi connectivity index (χ1v) is 4.07. The van der Waals surface area contributed by atoms with Crippen LogP contribution in [-0.2, 0) is 0 Å². The summed E-state index contributed by atoms with van der Waals surface area (Å²) in [7, 11) is 0. The maximum Gasteiger partial charge on any atom is 0.272 e. The Kier molecular flexibility index (Phi) is 5.71. The van der Waals surface area contributed by atoms with Crippen molar-refractivity contribution in [3.8, 4) is 0 Å². The maximum atomic E-state index is 11.5. The van der Waals surface area contributed by atoms with Crippen LogP contribution in [-0.4, -0.2) is 43.3 Å². The van der Waals surface area contributed by atoms with Crippen molar-refractivity contribution in [3.63, 3.8) is 0 Å². The Morgan fingerprint density at radius 2 is 1.77 bits per heavy atom. The molecule has 2 aliphatic rings. The van der Waals surface area contributed by atoms with Crippen LogP contribution in [0.2, 0.25) is 0 Å². The van der Waals surface area contributed by atoms with E-state index in [9.17, 15) is 8.78 Å². The van der Waals surface area contributed by atoms with E-state index in [1.54, 1.807) is 0 Å². The van der Waals surface area contributed by atoms with Gasteiger partial charge in [-0.15, -0.1) is 12.4 Å². The van der Waals surface area contributed by atoms with Crippen molar-refractivity contribution in [2.75, 3.05) is 26.2 Å². The van der Waals surface area contributed by atoms with E-state index >= 15 is 0 Å². The third-order valence-electron chi connectivity index (χ3n) is 1.80. The zero-order valence-electron chi connectivity index (χ0n) is 7.22. The predicted molar refractivity (Wildman–Crippen MR) is 48.6 cm³/mol. The molecule has 0 saturated carbocycles. The lowest BCUT2D eigenvalue weighted by Crippen LogP contribution is -2.52. The molecule has 0 aromatic carbocycles. The quantitative estimate of drug-likeness (QED) is 0.534. The Morgan fingerprint density at radius 1 is 1.23 bits per heavy atom. The van der Waals surface area contributed by atoms with E-state index in [0.29, 0.717) is 0 Å². The van der Waals surface area contributed by atoms with Crippen LogP contribution in [0.5, 0.6) is 0 Å². The van der Waals surface area contributed by atoms with E-state index in [1.807, 2.05) is 0 Å². The summed E-state index contributed by atoms with van der Waals surface area (Å²) in [6, 6.07) is 0. The molecule has 0 bridgehead atoms. The molecule has 0 unspecified atom stereocenters. The molecular formula is C7H15ClF2N2O. The SMILES string of the molecule is Cl.FC1(F)CNC1.O[C@H]1CCNC1. The van der Waals surface area contributed by atoms with Gasteiger partial charge in [0.2, 0.25) is 0 Å². The van der Waals surface area contributed by atoms with Gasteiger partial charge in [-0.1, -0.05) is 0 Å². The molecule has 2 heterocycles. The number of nitrogens with one attached hydrogen (secondary N) is 2. The fourth-order valence-electron chi connectivity index (χ4n) is 0.953. The summed E-state index contributed by atoms with van der Waals surface area (Å²) in [5.74, 6) is -2.39. The Morgan fingerprint density at radius 3 is 1.85 bits per heavy atom. The van der Waals surface area contributed by atoms with Crippen molar-refractivity contribution in [1.82, 2.24) is 10.6 Å². The molecule has 0 aromatic rings. The third kappa shape index (κ3) is 5.36. The van der Waals surface area contributed by atoms with Crippen LogP contribution in [0.1, 0.15) is 6.42 Å². The molecular weight excluding hydrogens is 202 g/mol. The zero-order chi connectivity index (χ0) is 9.03. The summed E-state index contributed by atoms with van der Waals surface area (Å²) in [5, 5.41) is 14.1. The number of aliphatic hydroxyl groups excluding tert-OH is 1. The number of halogens is 3. The second-order valence-corrected chi connectivity index (χ2v) is 3.11. The van der Waals surface area contributed by atoms with Gasteiger partial charge in [-0.25, -0.2) is 8.78 Å². The standard InChI is InChI=1S/C4H9NO.C3H5F2N.ClH/c6-4-1-2-5-3-4;4-3(5)1-6-2-3;/h4-6H,1-3H2;6H,1-2H2;1H/t4-;;/m0../s1. The van der Waals surface area contributed by atoms with Gasteiger partial charge in [-0.3, -0.25) is 0 Å². The normalized spacial score (nSPS) is 29.3.